The van der Waals surface area contributed by atoms with Crippen LogP contribution in [0, 0.1) is 0 Å². The van der Waals surface area contributed by atoms with Crippen LogP contribution in [0.5, 0.6) is 11.5 Å². The number of carbonyl (C=O) groups excluding carboxylic acids is 1. The van der Waals surface area contributed by atoms with Crippen molar-refractivity contribution in [3.8, 4) is 11.5 Å². The first-order valence-corrected chi connectivity index (χ1v) is 8.70. The Morgan fingerprint density at radius 1 is 1.16 bits per heavy atom. The van der Waals surface area contributed by atoms with Gasteiger partial charge in [-0.2, -0.15) is 12.6 Å². The molecule has 0 saturated carbocycles. The number of hydrogen-bond donors (Lipinski definition) is 1. The van der Waals surface area contributed by atoms with Gasteiger partial charge in [0.05, 0.1) is 25.4 Å². The van der Waals surface area contributed by atoms with Gasteiger partial charge in [-0.15, -0.1) is 0 Å². The zero-order valence-corrected chi connectivity index (χ0v) is 16.5. The summed E-state index contributed by atoms with van der Waals surface area (Å²) in [4.78, 5) is 11.2. The van der Waals surface area contributed by atoms with E-state index in [4.69, 9.17) is 18.8 Å². The molecule has 5 nitrogen and oxygen atoms in total. The lowest BCUT2D eigenvalue weighted by Crippen LogP contribution is -2.41. The fraction of sp³-hybridized carbons (Fsp3) is 0.500. The fourth-order valence-electron chi connectivity index (χ4n) is 2.57. The molecule has 0 aliphatic carbocycles. The van der Waals surface area contributed by atoms with Gasteiger partial charge in [-0.25, -0.2) is 0 Å². The average molecular weight is 364 g/mol. The van der Waals surface area contributed by atoms with Gasteiger partial charge in [0.1, 0.15) is 6.29 Å². The summed E-state index contributed by atoms with van der Waals surface area (Å²) in [5.74, 6) is 1.47. The molecule has 1 fully saturated rings. The third-order valence-corrected chi connectivity index (χ3v) is 5.11. The summed E-state index contributed by atoms with van der Waals surface area (Å²) < 4.78 is 23.0. The van der Waals surface area contributed by atoms with E-state index < -0.39 is 18.3 Å². The van der Waals surface area contributed by atoms with E-state index in [1.54, 1.807) is 19.2 Å². The Morgan fingerprint density at radius 2 is 1.76 bits per heavy atom. The molecule has 1 heterocycles. The first kappa shape index (κ1) is 19.9. The minimum atomic E-state index is -0.516. The molecular formula is C18H25BO5S. The Morgan fingerprint density at radius 3 is 2.20 bits per heavy atom. The Kier molecular flexibility index (Phi) is 5.91. The maximum Gasteiger partial charge on any atom is 0.491 e. The van der Waals surface area contributed by atoms with Crippen molar-refractivity contribution in [2.24, 2.45) is 0 Å². The summed E-state index contributed by atoms with van der Waals surface area (Å²) in [5, 5.41) is 0. The third kappa shape index (κ3) is 3.88. The van der Waals surface area contributed by atoms with Crippen molar-refractivity contribution < 1.29 is 23.6 Å². The van der Waals surface area contributed by atoms with Crippen LogP contribution in [0.4, 0.5) is 0 Å². The van der Waals surface area contributed by atoms with Gasteiger partial charge in [-0.1, -0.05) is 6.08 Å². The third-order valence-electron chi connectivity index (χ3n) is 4.75. The summed E-state index contributed by atoms with van der Waals surface area (Å²) in [5.41, 5.74) is 1.17. The van der Waals surface area contributed by atoms with Crippen molar-refractivity contribution >= 4 is 32.1 Å². The number of methoxy groups -OCH3 is 2. The number of rotatable bonds is 6. The second kappa shape index (κ2) is 7.44. The summed E-state index contributed by atoms with van der Waals surface area (Å²) >= 11 is 4.43. The molecule has 0 unspecified atom stereocenters. The van der Waals surface area contributed by atoms with Crippen LogP contribution >= 0.6 is 12.6 Å². The van der Waals surface area contributed by atoms with Gasteiger partial charge in [0, 0.05) is 16.9 Å². The van der Waals surface area contributed by atoms with Crippen LogP contribution in [0.2, 0.25) is 0 Å². The molecule has 0 spiro atoms. The van der Waals surface area contributed by atoms with E-state index >= 15 is 0 Å². The highest BCUT2D eigenvalue weighted by atomic mass is 32.1. The number of thiol groups is 1. The van der Waals surface area contributed by atoms with Gasteiger partial charge >= 0.3 is 7.12 Å². The normalized spacial score (nSPS) is 19.0. The highest BCUT2D eigenvalue weighted by Gasteiger charge is 2.52. The fourth-order valence-corrected chi connectivity index (χ4v) is 2.81. The van der Waals surface area contributed by atoms with Crippen molar-refractivity contribution in [1.29, 1.82) is 0 Å². The van der Waals surface area contributed by atoms with Crippen LogP contribution in [-0.2, 0) is 9.31 Å². The quantitative estimate of drug-likeness (QED) is 0.476. The van der Waals surface area contributed by atoms with E-state index in [1.165, 1.54) is 7.11 Å². The van der Waals surface area contributed by atoms with E-state index in [0.29, 0.717) is 28.4 Å². The largest absolute Gasteiger partial charge is 0.493 e. The molecule has 0 bridgehead atoms. The molecule has 1 aliphatic rings. The molecule has 7 heteroatoms. The number of ether oxygens (including phenoxy) is 2. The van der Waals surface area contributed by atoms with Crippen LogP contribution in [0.3, 0.4) is 0 Å². The Balaban J connectivity index is 2.48. The maximum absolute atomic E-state index is 11.2. The van der Waals surface area contributed by atoms with Gasteiger partial charge < -0.3 is 18.8 Å². The predicted octanol–water partition coefficient (Wildman–Crippen LogP) is 3.46. The van der Waals surface area contributed by atoms with Crippen LogP contribution in [0.1, 0.15) is 43.6 Å². The zero-order valence-electron chi connectivity index (χ0n) is 15.6. The van der Waals surface area contributed by atoms with Crippen molar-refractivity contribution in [2.75, 3.05) is 20.0 Å². The van der Waals surface area contributed by atoms with E-state index in [1.807, 2.05) is 33.8 Å². The molecule has 0 N–H and O–H groups in total. The van der Waals surface area contributed by atoms with E-state index in [-0.39, 0.29) is 0 Å². The molecule has 1 aromatic carbocycles. The van der Waals surface area contributed by atoms with Crippen LogP contribution in [0.15, 0.2) is 17.6 Å². The summed E-state index contributed by atoms with van der Waals surface area (Å²) in [7, 11) is 2.58. The summed E-state index contributed by atoms with van der Waals surface area (Å²) in [6.07, 6.45) is 2.65. The standard InChI is InChI=1S/C18H25BO5S/c1-17(2)18(3,4)24-19(23-17)14(11-25)9-13-7-12(10-20)8-15(21-5)16(13)22-6/h7-10,25H,11H2,1-6H3. The first-order chi connectivity index (χ1) is 11.7. The topological polar surface area (TPSA) is 54.0 Å². The number of hydrogen-bond acceptors (Lipinski definition) is 6. The number of aldehydes is 1. The van der Waals surface area contributed by atoms with Gasteiger partial charge in [0.2, 0.25) is 0 Å². The van der Waals surface area contributed by atoms with Crippen molar-refractivity contribution in [3.05, 3.63) is 28.7 Å². The minimum Gasteiger partial charge on any atom is -0.493 e. The molecule has 25 heavy (non-hydrogen) atoms. The molecular weight excluding hydrogens is 339 g/mol. The van der Waals surface area contributed by atoms with E-state index in [9.17, 15) is 4.79 Å². The van der Waals surface area contributed by atoms with Crippen LogP contribution in [0.25, 0.3) is 6.08 Å². The van der Waals surface area contributed by atoms with Crippen molar-refractivity contribution in [1.82, 2.24) is 0 Å². The van der Waals surface area contributed by atoms with Crippen molar-refractivity contribution in [3.63, 3.8) is 0 Å². The first-order valence-electron chi connectivity index (χ1n) is 8.07. The molecule has 1 aromatic rings. The van der Waals surface area contributed by atoms with Gasteiger partial charge in [-0.3, -0.25) is 4.79 Å². The lowest BCUT2D eigenvalue weighted by atomic mass is 9.78. The number of carbonyl (C=O) groups is 1. The number of benzene rings is 1. The monoisotopic (exact) mass is 364 g/mol. The highest BCUT2D eigenvalue weighted by Crippen LogP contribution is 2.40. The second-order valence-corrected chi connectivity index (χ2v) is 7.25. The maximum atomic E-state index is 11.2. The molecule has 0 aromatic heterocycles. The lowest BCUT2D eigenvalue weighted by Gasteiger charge is -2.32. The lowest BCUT2D eigenvalue weighted by molar-refractivity contribution is 0.00578. The van der Waals surface area contributed by atoms with Crippen LogP contribution in [-0.4, -0.2) is 44.6 Å². The highest BCUT2D eigenvalue weighted by molar-refractivity contribution is 7.80. The van der Waals surface area contributed by atoms with Gasteiger partial charge in [-0.05, 0) is 45.3 Å². The molecule has 1 saturated heterocycles. The van der Waals surface area contributed by atoms with Gasteiger partial charge in [0.15, 0.2) is 11.5 Å². The zero-order chi connectivity index (χ0) is 18.8. The Hall–Kier alpha value is -1.44. The van der Waals surface area contributed by atoms with E-state index in [2.05, 4.69) is 12.6 Å². The molecule has 136 valence electrons. The minimum absolute atomic E-state index is 0.438. The molecule has 2 rings (SSSR count). The SMILES string of the molecule is COc1cc(C=O)cc(C=C(CS)B2OC(C)(C)C(C)(C)O2)c1OC. The smallest absolute Gasteiger partial charge is 0.491 e. The predicted molar refractivity (Wildman–Crippen MR) is 103 cm³/mol. The molecule has 0 amide bonds. The Bertz CT molecular complexity index is 668. The van der Waals surface area contributed by atoms with Crippen LogP contribution < -0.4 is 9.47 Å². The second-order valence-electron chi connectivity index (χ2n) is 6.93. The average Bonchev–Trinajstić information content (AvgIpc) is 2.79. The summed E-state index contributed by atoms with van der Waals surface area (Å²) in [6.45, 7) is 8.00. The van der Waals surface area contributed by atoms with Gasteiger partial charge in [0.25, 0.3) is 0 Å². The summed E-state index contributed by atoms with van der Waals surface area (Å²) in [6, 6.07) is 3.38. The van der Waals surface area contributed by atoms with E-state index in [0.717, 1.165) is 11.8 Å². The molecule has 1 aliphatic heterocycles. The molecule has 0 atom stereocenters. The van der Waals surface area contributed by atoms with Crippen molar-refractivity contribution in [2.45, 2.75) is 38.9 Å². The molecule has 0 radical (unpaired) electrons. The Labute approximate surface area is 155 Å².